The Balaban J connectivity index is 1.57. The quantitative estimate of drug-likeness (QED) is 0.848. The van der Waals surface area contributed by atoms with Gasteiger partial charge in [-0.1, -0.05) is 13.0 Å². The maximum atomic E-state index is 13.5. The predicted molar refractivity (Wildman–Crippen MR) is 93.1 cm³/mol. The molecule has 2 aliphatic heterocycles. The van der Waals surface area contributed by atoms with Crippen LogP contribution in [-0.2, 0) is 6.54 Å². The molecule has 0 N–H and O–H groups in total. The number of rotatable bonds is 3. The first kappa shape index (κ1) is 16.9. The van der Waals surface area contributed by atoms with Crippen LogP contribution >= 0.6 is 0 Å². The number of nitrogens with zero attached hydrogens (tertiary/aromatic N) is 3. The van der Waals surface area contributed by atoms with Gasteiger partial charge in [-0.25, -0.2) is 4.39 Å². The third kappa shape index (κ3) is 4.11. The van der Waals surface area contributed by atoms with E-state index in [-0.39, 0.29) is 5.82 Å². The molecule has 2 atom stereocenters. The smallest absolute Gasteiger partial charge is 0.123 e. The zero-order chi connectivity index (χ0) is 16.4. The Morgan fingerprint density at radius 3 is 2.57 bits per heavy atom. The summed E-state index contributed by atoms with van der Waals surface area (Å²) < 4.78 is 13.5. The molecule has 0 aliphatic carbocycles. The first-order chi connectivity index (χ1) is 11.0. The summed E-state index contributed by atoms with van der Waals surface area (Å²) in [6, 6.07) is 5.87. The topological polar surface area (TPSA) is 9.72 Å². The molecule has 0 saturated carbocycles. The van der Waals surface area contributed by atoms with Crippen LogP contribution in [0.15, 0.2) is 18.2 Å². The van der Waals surface area contributed by atoms with Crippen LogP contribution in [0.25, 0.3) is 0 Å². The molecule has 2 aliphatic rings. The highest BCUT2D eigenvalue weighted by Gasteiger charge is 2.31. The minimum atomic E-state index is -0.119. The van der Waals surface area contributed by atoms with E-state index in [2.05, 4.69) is 35.6 Å². The van der Waals surface area contributed by atoms with Crippen LogP contribution in [0.5, 0.6) is 0 Å². The van der Waals surface area contributed by atoms with Crippen molar-refractivity contribution in [3.8, 4) is 0 Å². The van der Waals surface area contributed by atoms with Gasteiger partial charge in [-0.05, 0) is 56.1 Å². The molecule has 1 aromatic rings. The summed E-state index contributed by atoms with van der Waals surface area (Å²) in [5, 5.41) is 0. The molecule has 0 spiro atoms. The Morgan fingerprint density at radius 2 is 1.87 bits per heavy atom. The fourth-order valence-corrected chi connectivity index (χ4v) is 4.11. The third-order valence-electron chi connectivity index (χ3n) is 5.66. The zero-order valence-electron chi connectivity index (χ0n) is 14.8. The molecule has 0 bridgehead atoms. The Labute approximate surface area is 140 Å². The highest BCUT2D eigenvalue weighted by atomic mass is 19.1. The highest BCUT2D eigenvalue weighted by Crippen LogP contribution is 2.25. The molecule has 3 nitrogen and oxygen atoms in total. The summed E-state index contributed by atoms with van der Waals surface area (Å²) in [6.07, 6.45) is 1.24. The van der Waals surface area contributed by atoms with Gasteiger partial charge in [0, 0.05) is 45.3 Å². The predicted octanol–water partition coefficient (Wildman–Crippen LogP) is 2.59. The van der Waals surface area contributed by atoms with Gasteiger partial charge in [0.2, 0.25) is 0 Å². The normalized spacial score (nSPS) is 28.2. The van der Waals surface area contributed by atoms with Gasteiger partial charge in [-0.3, -0.25) is 9.80 Å². The molecule has 0 unspecified atom stereocenters. The molecule has 4 heteroatoms. The van der Waals surface area contributed by atoms with E-state index in [0.717, 1.165) is 25.2 Å². The van der Waals surface area contributed by atoms with Crippen LogP contribution in [0.3, 0.4) is 0 Å². The lowest BCUT2D eigenvalue weighted by atomic mass is 9.91. The zero-order valence-corrected chi connectivity index (χ0v) is 14.8. The van der Waals surface area contributed by atoms with Crippen LogP contribution in [0.2, 0.25) is 0 Å². The van der Waals surface area contributed by atoms with E-state index in [4.69, 9.17) is 0 Å². The van der Waals surface area contributed by atoms with Crippen molar-refractivity contribution in [3.05, 3.63) is 35.1 Å². The number of benzene rings is 1. The number of hydrogen-bond donors (Lipinski definition) is 0. The van der Waals surface area contributed by atoms with E-state index < -0.39 is 0 Å². The minimum Gasteiger partial charge on any atom is -0.304 e. The van der Waals surface area contributed by atoms with Gasteiger partial charge in [-0.15, -0.1) is 0 Å². The van der Waals surface area contributed by atoms with E-state index in [0.29, 0.717) is 12.0 Å². The lowest BCUT2D eigenvalue weighted by Crippen LogP contribution is -2.55. The van der Waals surface area contributed by atoms with Crippen molar-refractivity contribution in [2.24, 2.45) is 5.92 Å². The highest BCUT2D eigenvalue weighted by molar-refractivity contribution is 5.26. The fraction of sp³-hybridized carbons (Fsp3) is 0.684. The molecule has 1 aromatic carbocycles. The summed E-state index contributed by atoms with van der Waals surface area (Å²) in [5.74, 6) is 0.562. The van der Waals surface area contributed by atoms with Crippen molar-refractivity contribution in [3.63, 3.8) is 0 Å². The number of piperidine rings is 1. The summed E-state index contributed by atoms with van der Waals surface area (Å²) in [4.78, 5) is 7.61. The molecule has 23 heavy (non-hydrogen) atoms. The van der Waals surface area contributed by atoms with Crippen molar-refractivity contribution in [1.29, 1.82) is 0 Å². The van der Waals surface area contributed by atoms with Crippen LogP contribution in [0.4, 0.5) is 4.39 Å². The van der Waals surface area contributed by atoms with Gasteiger partial charge >= 0.3 is 0 Å². The van der Waals surface area contributed by atoms with E-state index in [9.17, 15) is 4.39 Å². The Bertz CT molecular complexity index is 525. The second kappa shape index (κ2) is 7.29. The number of halogens is 1. The van der Waals surface area contributed by atoms with Gasteiger partial charge in [0.15, 0.2) is 0 Å². The van der Waals surface area contributed by atoms with E-state index in [1.807, 2.05) is 6.07 Å². The summed E-state index contributed by atoms with van der Waals surface area (Å²) in [7, 11) is 2.21. The second-order valence-electron chi connectivity index (χ2n) is 7.48. The number of likely N-dealkylation sites (tertiary alicyclic amines) is 1. The Kier molecular flexibility index (Phi) is 5.34. The van der Waals surface area contributed by atoms with E-state index in [1.54, 1.807) is 12.1 Å². The summed E-state index contributed by atoms with van der Waals surface area (Å²) in [6.45, 7) is 12.4. The van der Waals surface area contributed by atoms with Gasteiger partial charge in [-0.2, -0.15) is 0 Å². The molecule has 0 aromatic heterocycles. The Hall–Kier alpha value is -0.970. The monoisotopic (exact) mass is 319 g/mol. The van der Waals surface area contributed by atoms with Crippen LogP contribution in [0.1, 0.15) is 24.5 Å². The van der Waals surface area contributed by atoms with Crippen molar-refractivity contribution >= 4 is 0 Å². The van der Waals surface area contributed by atoms with Crippen molar-refractivity contribution < 1.29 is 4.39 Å². The van der Waals surface area contributed by atoms with Crippen LogP contribution in [0, 0.1) is 18.7 Å². The summed E-state index contributed by atoms with van der Waals surface area (Å²) in [5.41, 5.74) is 2.33. The first-order valence-electron chi connectivity index (χ1n) is 8.93. The summed E-state index contributed by atoms with van der Waals surface area (Å²) >= 11 is 0. The molecule has 2 fully saturated rings. The first-order valence-corrected chi connectivity index (χ1v) is 8.93. The lowest BCUT2D eigenvalue weighted by Gasteiger charge is -2.45. The Morgan fingerprint density at radius 1 is 1.13 bits per heavy atom. The standard InChI is InChI=1S/C19H30FN3/c1-15-4-5-18(20)12-17(15)14-22-7-6-19(16(2)13-22)23-10-8-21(3)9-11-23/h4-5,12,16,19H,6-11,13-14H2,1-3H3/t16-,19-/m0/s1. The van der Waals surface area contributed by atoms with Gasteiger partial charge in [0.1, 0.15) is 5.82 Å². The van der Waals surface area contributed by atoms with Crippen molar-refractivity contribution in [2.45, 2.75) is 32.9 Å². The van der Waals surface area contributed by atoms with Gasteiger partial charge in [0.05, 0.1) is 0 Å². The molecule has 0 radical (unpaired) electrons. The number of likely N-dealkylation sites (N-methyl/N-ethyl adjacent to an activating group) is 1. The van der Waals surface area contributed by atoms with E-state index >= 15 is 0 Å². The van der Waals surface area contributed by atoms with Crippen LogP contribution < -0.4 is 0 Å². The molecule has 2 heterocycles. The van der Waals surface area contributed by atoms with Gasteiger partial charge < -0.3 is 4.90 Å². The SMILES string of the molecule is Cc1ccc(F)cc1CN1CC[C@H](N2CCN(C)CC2)[C@@H](C)C1. The molecule has 128 valence electrons. The maximum absolute atomic E-state index is 13.5. The number of aryl methyl sites for hydroxylation is 1. The molecule has 3 rings (SSSR count). The second-order valence-corrected chi connectivity index (χ2v) is 7.48. The van der Waals surface area contributed by atoms with Crippen molar-refractivity contribution in [1.82, 2.24) is 14.7 Å². The largest absolute Gasteiger partial charge is 0.304 e. The van der Waals surface area contributed by atoms with Crippen molar-refractivity contribution in [2.75, 3.05) is 46.3 Å². The minimum absolute atomic E-state index is 0.119. The van der Waals surface area contributed by atoms with E-state index in [1.165, 1.54) is 38.2 Å². The number of piperazine rings is 1. The molecular weight excluding hydrogens is 289 g/mol. The fourth-order valence-electron chi connectivity index (χ4n) is 4.11. The van der Waals surface area contributed by atoms with Gasteiger partial charge in [0.25, 0.3) is 0 Å². The molecule has 2 saturated heterocycles. The average molecular weight is 319 g/mol. The molecular formula is C19H30FN3. The average Bonchev–Trinajstić information content (AvgIpc) is 2.52. The third-order valence-corrected chi connectivity index (χ3v) is 5.66. The lowest BCUT2D eigenvalue weighted by molar-refractivity contribution is 0.0324. The molecule has 0 amide bonds. The number of hydrogen-bond acceptors (Lipinski definition) is 3. The maximum Gasteiger partial charge on any atom is 0.123 e. The van der Waals surface area contributed by atoms with Crippen LogP contribution in [-0.4, -0.2) is 67.1 Å².